The maximum Gasteiger partial charge on any atom is 0.234 e. The number of pyridine rings is 3. The van der Waals surface area contributed by atoms with Gasteiger partial charge in [-0.25, -0.2) is 0 Å². The standard InChI is InChI=1S/C19H17ClN2OS.C19H15ClN2OS.C19H14ClNOS/c20-14-3-1-12(2-4-14)15-7-10-22-19(23)18-16(15)11-17(24-18)13-5-8-21-9-6-13;20-14-3-1-12(2-4-14)15-5-6-17(22-23)19-16(15)11-18(24-19)13-7-9-21-10-8-13;20-14-3-1-12(2-4-14)15-5-6-17(22)19-16(15)11-18(23-19)13-7-9-21-10-8-13/h1-6,8-9,11,15-16,18H,7,10H2,(H,22,23);1-4,7-11,15,23H,5-6H2;1-4,7-11,15H,5-6H2. The number of aromatic nitrogens is 3. The van der Waals surface area contributed by atoms with E-state index in [0.29, 0.717) is 18.3 Å². The van der Waals surface area contributed by atoms with Gasteiger partial charge in [-0.3, -0.25) is 24.5 Å². The smallest absolute Gasteiger partial charge is 0.234 e. The number of allylic oxidation sites excluding steroid dienone is 1. The number of Topliss-reactive ketones (excluding diaryl/α,β-unsaturated/α-hetero) is 1. The molecule has 12 rings (SSSR count). The van der Waals surface area contributed by atoms with E-state index in [1.807, 2.05) is 72.8 Å². The van der Waals surface area contributed by atoms with Gasteiger partial charge in [-0.1, -0.05) is 82.4 Å². The molecule has 8 nitrogen and oxygen atoms in total. The number of hydrogen-bond donors (Lipinski definition) is 2. The highest BCUT2D eigenvalue weighted by atomic mass is 35.5. The highest BCUT2D eigenvalue weighted by Gasteiger charge is 2.41. The number of hydrogen-bond acceptors (Lipinski definition) is 10. The number of thiophene rings is 2. The third-order valence-corrected chi connectivity index (χ3v) is 18.1. The summed E-state index contributed by atoms with van der Waals surface area (Å²) in [6.07, 6.45) is 17.1. The van der Waals surface area contributed by atoms with Crippen LogP contribution in [0.25, 0.3) is 25.8 Å². The van der Waals surface area contributed by atoms with Gasteiger partial charge in [-0.05, 0) is 161 Å². The van der Waals surface area contributed by atoms with Gasteiger partial charge in [0.15, 0.2) is 5.78 Å². The number of ketones is 1. The lowest BCUT2D eigenvalue weighted by Crippen LogP contribution is -2.33. The van der Waals surface area contributed by atoms with Gasteiger partial charge in [-0.15, -0.1) is 34.4 Å². The van der Waals surface area contributed by atoms with Gasteiger partial charge in [0.05, 0.1) is 20.7 Å². The Morgan fingerprint density at radius 3 is 1.55 bits per heavy atom. The first kappa shape index (κ1) is 48.7. The van der Waals surface area contributed by atoms with Crippen molar-refractivity contribution in [1.29, 1.82) is 0 Å². The van der Waals surface area contributed by atoms with Crippen molar-refractivity contribution >= 4 is 91.5 Å². The van der Waals surface area contributed by atoms with Crippen molar-refractivity contribution in [1.82, 2.24) is 20.3 Å². The van der Waals surface area contributed by atoms with Crippen LogP contribution in [0, 0.1) is 5.92 Å². The molecule has 356 valence electrons. The molecular weight excluding hydrogens is 1010 g/mol. The summed E-state index contributed by atoms with van der Waals surface area (Å²) in [5.41, 5.74) is 10.3. The molecule has 1 amide bonds. The number of thioether (sulfide) groups is 1. The van der Waals surface area contributed by atoms with Gasteiger partial charge in [-0.2, -0.15) is 0 Å². The van der Waals surface area contributed by atoms with Gasteiger partial charge in [0.25, 0.3) is 0 Å². The van der Waals surface area contributed by atoms with E-state index in [2.05, 4.69) is 80.0 Å². The summed E-state index contributed by atoms with van der Waals surface area (Å²) < 4.78 is 0. The topological polar surface area (TPSA) is 117 Å². The Kier molecular flexibility index (Phi) is 15.3. The molecule has 0 bridgehead atoms. The zero-order valence-electron chi connectivity index (χ0n) is 38.1. The van der Waals surface area contributed by atoms with Gasteiger partial charge in [0.2, 0.25) is 5.91 Å². The van der Waals surface area contributed by atoms with E-state index in [0.717, 1.165) is 89.9 Å². The number of oxime groups is 1. The van der Waals surface area contributed by atoms with E-state index in [4.69, 9.17) is 34.8 Å². The number of carbonyl (C=O) groups is 2. The predicted molar refractivity (Wildman–Crippen MR) is 292 cm³/mol. The highest BCUT2D eigenvalue weighted by molar-refractivity contribution is 8.09. The third kappa shape index (κ3) is 11.0. The second-order valence-electron chi connectivity index (χ2n) is 17.6. The maximum atomic E-state index is 12.5. The molecule has 2 N–H and O–H groups in total. The first-order chi connectivity index (χ1) is 34.7. The normalized spacial score (nSPS) is 20.7. The van der Waals surface area contributed by atoms with Crippen LogP contribution in [-0.2, 0) is 4.79 Å². The van der Waals surface area contributed by atoms with E-state index in [-0.39, 0.29) is 28.8 Å². The molecule has 2 aliphatic heterocycles. The lowest BCUT2D eigenvalue weighted by molar-refractivity contribution is -0.120. The van der Waals surface area contributed by atoms with E-state index < -0.39 is 0 Å². The van der Waals surface area contributed by atoms with Gasteiger partial charge >= 0.3 is 0 Å². The van der Waals surface area contributed by atoms with E-state index in [1.54, 1.807) is 71.6 Å². The minimum absolute atomic E-state index is 0.0728. The zero-order chi connectivity index (χ0) is 48.8. The lowest BCUT2D eigenvalue weighted by Gasteiger charge is -2.23. The molecule has 4 aliphatic rings. The monoisotopic (exact) mass is 1050 g/mol. The van der Waals surface area contributed by atoms with Crippen molar-refractivity contribution in [3.63, 3.8) is 0 Å². The number of carbonyl (C=O) groups excluding carboxylic acids is 2. The average Bonchev–Trinajstić information content (AvgIpc) is 4.17. The van der Waals surface area contributed by atoms with Crippen LogP contribution < -0.4 is 5.32 Å². The SMILES string of the molecule is O=C1CCC(c2ccc(Cl)cc2)c2cc(-c3ccncc3)sc21.O=C1NCCC(c2ccc(Cl)cc2)C2C=C(c3ccncc3)SC12.ON=C1CCC(c2ccc(Cl)cc2)c2cc(-c3ccncc3)sc21. The van der Waals surface area contributed by atoms with Crippen molar-refractivity contribution in [2.75, 3.05) is 6.54 Å². The Bertz CT molecular complexity index is 3200. The number of nitrogens with one attached hydrogen (secondary N) is 1. The fourth-order valence-corrected chi connectivity index (χ4v) is 14.1. The van der Waals surface area contributed by atoms with Crippen molar-refractivity contribution in [2.24, 2.45) is 11.1 Å². The van der Waals surface area contributed by atoms with Crippen LogP contribution in [0.2, 0.25) is 15.1 Å². The molecule has 7 heterocycles. The summed E-state index contributed by atoms with van der Waals surface area (Å²) in [7, 11) is 0. The minimum atomic E-state index is -0.0728. The van der Waals surface area contributed by atoms with Crippen LogP contribution in [0.15, 0.2) is 170 Å². The molecule has 3 aromatic carbocycles. The van der Waals surface area contributed by atoms with Crippen molar-refractivity contribution in [2.45, 2.75) is 55.1 Å². The summed E-state index contributed by atoms with van der Waals surface area (Å²) in [6.45, 7) is 0.720. The quantitative estimate of drug-likeness (QED) is 0.126. The Balaban J connectivity index is 0.000000123. The molecule has 2 aliphatic carbocycles. The number of amides is 1. The van der Waals surface area contributed by atoms with Crippen LogP contribution in [0.4, 0.5) is 0 Å². The molecule has 5 aromatic heterocycles. The Hall–Kier alpha value is -5.92. The number of fused-ring (bicyclic) bond motifs is 3. The van der Waals surface area contributed by atoms with E-state index in [9.17, 15) is 14.8 Å². The number of halogens is 3. The van der Waals surface area contributed by atoms with Crippen molar-refractivity contribution in [3.05, 3.63) is 223 Å². The Morgan fingerprint density at radius 1 is 0.563 bits per heavy atom. The lowest BCUT2D eigenvalue weighted by atomic mass is 9.81. The van der Waals surface area contributed by atoms with Gasteiger partial charge in [0.1, 0.15) is 0 Å². The molecule has 71 heavy (non-hydrogen) atoms. The summed E-state index contributed by atoms with van der Waals surface area (Å²) in [5, 5.41) is 18.1. The summed E-state index contributed by atoms with van der Waals surface area (Å²) in [5.74, 6) is 1.48. The van der Waals surface area contributed by atoms with Crippen LogP contribution >= 0.6 is 69.2 Å². The zero-order valence-corrected chi connectivity index (χ0v) is 42.8. The molecule has 0 radical (unpaired) electrons. The second-order valence-corrected chi connectivity index (χ2v) is 22.2. The van der Waals surface area contributed by atoms with Crippen LogP contribution in [-0.4, -0.2) is 49.4 Å². The Morgan fingerprint density at radius 2 is 1.03 bits per heavy atom. The molecule has 0 spiro atoms. The molecule has 1 saturated heterocycles. The first-order valence-electron chi connectivity index (χ1n) is 23.4. The van der Waals surface area contributed by atoms with E-state index in [1.165, 1.54) is 32.0 Å². The minimum Gasteiger partial charge on any atom is -0.411 e. The maximum absolute atomic E-state index is 12.5. The van der Waals surface area contributed by atoms with Crippen molar-refractivity contribution in [3.8, 4) is 20.9 Å². The third-order valence-electron chi connectivity index (χ3n) is 13.4. The van der Waals surface area contributed by atoms with Crippen LogP contribution in [0.3, 0.4) is 0 Å². The molecule has 5 atom stereocenters. The number of benzene rings is 3. The highest BCUT2D eigenvalue weighted by Crippen LogP contribution is 2.50. The summed E-state index contributed by atoms with van der Waals surface area (Å²) >= 11 is 23.0. The first-order valence-corrected chi connectivity index (χ1v) is 27.0. The second kappa shape index (κ2) is 22.2. The fraction of sp³-hybridized carbons (Fsp3) is 0.193. The average molecular weight is 1050 g/mol. The van der Waals surface area contributed by atoms with E-state index >= 15 is 0 Å². The van der Waals surface area contributed by atoms with Gasteiger partial charge < -0.3 is 10.5 Å². The number of rotatable bonds is 6. The Labute approximate surface area is 439 Å². The summed E-state index contributed by atoms with van der Waals surface area (Å²) in [6, 6.07) is 40.4. The van der Waals surface area contributed by atoms with Crippen molar-refractivity contribution < 1.29 is 14.8 Å². The van der Waals surface area contributed by atoms with Gasteiger partial charge in [0, 0.05) is 97.6 Å². The van der Waals surface area contributed by atoms with Crippen LogP contribution in [0.5, 0.6) is 0 Å². The summed E-state index contributed by atoms with van der Waals surface area (Å²) in [4.78, 5) is 42.5. The molecule has 8 aromatic rings. The largest absolute Gasteiger partial charge is 0.411 e. The predicted octanol–water partition coefficient (Wildman–Crippen LogP) is 15.3. The fourth-order valence-electron chi connectivity index (χ4n) is 9.86. The molecule has 5 unspecified atom stereocenters. The molecule has 14 heteroatoms. The molecule has 1 fully saturated rings. The van der Waals surface area contributed by atoms with Crippen LogP contribution in [0.1, 0.15) is 97.8 Å². The molecule has 0 saturated carbocycles. The molecular formula is C57H46Cl3N5O3S3. The number of nitrogens with zero attached hydrogens (tertiary/aromatic N) is 4.